The Morgan fingerprint density at radius 2 is 2.33 bits per heavy atom. The van der Waals surface area contributed by atoms with Gasteiger partial charge in [-0.25, -0.2) is 5.90 Å². The third-order valence-electron chi connectivity index (χ3n) is 1.64. The summed E-state index contributed by atoms with van der Waals surface area (Å²) in [6.45, 7) is 0.581. The van der Waals surface area contributed by atoms with Crippen LogP contribution in [-0.4, -0.2) is 12.9 Å². The molecule has 2 N–H and O–H groups in total. The Balaban J connectivity index is 2.60. The first-order chi connectivity index (χ1) is 5.86. The van der Waals surface area contributed by atoms with E-state index in [1.165, 1.54) is 10.5 Å². The summed E-state index contributed by atoms with van der Waals surface area (Å²) < 4.78 is 0. The standard InChI is InChI=1S/C9H13NOS/c1-12-9-4-2-3-8(7-9)5-6-11-10/h2-4,7H,5-6,10H2,1H3. The average molecular weight is 183 g/mol. The average Bonchev–Trinajstić information content (AvgIpc) is 2.15. The monoisotopic (exact) mass is 183 g/mol. The van der Waals surface area contributed by atoms with Gasteiger partial charge in [-0.2, -0.15) is 0 Å². The highest BCUT2D eigenvalue weighted by molar-refractivity contribution is 7.98. The Hall–Kier alpha value is -0.510. The second-order valence-corrected chi connectivity index (χ2v) is 3.35. The Bertz CT molecular complexity index is 240. The van der Waals surface area contributed by atoms with Gasteiger partial charge in [-0.15, -0.1) is 11.8 Å². The van der Waals surface area contributed by atoms with Gasteiger partial charge >= 0.3 is 0 Å². The number of rotatable bonds is 4. The lowest BCUT2D eigenvalue weighted by Crippen LogP contribution is -2.03. The molecule has 0 aliphatic heterocycles. The molecule has 0 radical (unpaired) electrons. The zero-order valence-corrected chi connectivity index (χ0v) is 7.93. The molecule has 0 spiro atoms. The van der Waals surface area contributed by atoms with Gasteiger partial charge in [-0.05, 0) is 30.4 Å². The first-order valence-electron chi connectivity index (χ1n) is 3.81. The van der Waals surface area contributed by atoms with E-state index in [-0.39, 0.29) is 0 Å². The molecule has 0 aromatic heterocycles. The van der Waals surface area contributed by atoms with Crippen molar-refractivity contribution < 1.29 is 4.84 Å². The number of benzene rings is 1. The van der Waals surface area contributed by atoms with Crippen molar-refractivity contribution in [2.75, 3.05) is 12.9 Å². The van der Waals surface area contributed by atoms with Crippen LogP contribution < -0.4 is 5.90 Å². The molecule has 1 rings (SSSR count). The highest BCUT2D eigenvalue weighted by Gasteiger charge is 1.94. The van der Waals surface area contributed by atoms with Crippen LogP contribution in [0.3, 0.4) is 0 Å². The minimum atomic E-state index is 0.581. The van der Waals surface area contributed by atoms with Crippen molar-refractivity contribution >= 4 is 11.8 Å². The summed E-state index contributed by atoms with van der Waals surface area (Å²) in [5.41, 5.74) is 1.27. The fourth-order valence-electron chi connectivity index (χ4n) is 1.00. The minimum Gasteiger partial charge on any atom is -0.304 e. The molecule has 0 bridgehead atoms. The minimum absolute atomic E-state index is 0.581. The summed E-state index contributed by atoms with van der Waals surface area (Å²) in [5.74, 6) is 4.94. The van der Waals surface area contributed by atoms with Crippen molar-refractivity contribution in [1.82, 2.24) is 0 Å². The van der Waals surface area contributed by atoms with Crippen LogP contribution in [-0.2, 0) is 11.3 Å². The Morgan fingerprint density at radius 3 is 3.00 bits per heavy atom. The quantitative estimate of drug-likeness (QED) is 0.571. The molecule has 0 atom stereocenters. The number of hydrogen-bond acceptors (Lipinski definition) is 3. The van der Waals surface area contributed by atoms with E-state index in [0.29, 0.717) is 6.61 Å². The molecule has 0 fully saturated rings. The number of thioether (sulfide) groups is 1. The van der Waals surface area contributed by atoms with Gasteiger partial charge in [0.15, 0.2) is 0 Å². The molecule has 3 heteroatoms. The zero-order chi connectivity index (χ0) is 8.81. The molecular formula is C9H13NOS. The molecule has 0 saturated heterocycles. The maximum atomic E-state index is 4.94. The molecule has 66 valence electrons. The molecule has 12 heavy (non-hydrogen) atoms. The van der Waals surface area contributed by atoms with Gasteiger partial charge in [0.2, 0.25) is 0 Å². The third-order valence-corrected chi connectivity index (χ3v) is 2.37. The van der Waals surface area contributed by atoms with Gasteiger partial charge in [0.1, 0.15) is 0 Å². The van der Waals surface area contributed by atoms with Crippen LogP contribution in [0.1, 0.15) is 5.56 Å². The van der Waals surface area contributed by atoms with Gasteiger partial charge < -0.3 is 4.84 Å². The topological polar surface area (TPSA) is 35.2 Å². The van der Waals surface area contributed by atoms with Crippen molar-refractivity contribution in [1.29, 1.82) is 0 Å². The number of hydrogen-bond donors (Lipinski definition) is 1. The van der Waals surface area contributed by atoms with E-state index >= 15 is 0 Å². The molecule has 0 heterocycles. The maximum absolute atomic E-state index is 4.94. The van der Waals surface area contributed by atoms with Crippen LogP contribution in [0.25, 0.3) is 0 Å². The van der Waals surface area contributed by atoms with Crippen LogP contribution in [0, 0.1) is 0 Å². The van der Waals surface area contributed by atoms with Crippen molar-refractivity contribution in [2.45, 2.75) is 11.3 Å². The van der Waals surface area contributed by atoms with Gasteiger partial charge in [0, 0.05) is 4.90 Å². The first kappa shape index (κ1) is 9.58. The molecular weight excluding hydrogens is 170 g/mol. The molecule has 0 aliphatic carbocycles. The SMILES string of the molecule is CSc1cccc(CCON)c1. The summed E-state index contributed by atoms with van der Waals surface area (Å²) in [6.07, 6.45) is 2.95. The predicted molar refractivity (Wildman–Crippen MR) is 52.1 cm³/mol. The smallest absolute Gasteiger partial charge is 0.0719 e. The molecule has 0 unspecified atom stereocenters. The van der Waals surface area contributed by atoms with Gasteiger partial charge in [-0.3, -0.25) is 0 Å². The summed E-state index contributed by atoms with van der Waals surface area (Å²) in [7, 11) is 0. The summed E-state index contributed by atoms with van der Waals surface area (Å²) >= 11 is 1.74. The lowest BCUT2D eigenvalue weighted by atomic mass is 10.2. The lowest BCUT2D eigenvalue weighted by molar-refractivity contribution is 0.141. The molecule has 0 saturated carbocycles. The van der Waals surface area contributed by atoms with Gasteiger partial charge in [0.25, 0.3) is 0 Å². The van der Waals surface area contributed by atoms with Crippen molar-refractivity contribution in [3.8, 4) is 0 Å². The summed E-state index contributed by atoms with van der Waals surface area (Å²) in [4.78, 5) is 5.79. The highest BCUT2D eigenvalue weighted by Crippen LogP contribution is 2.15. The van der Waals surface area contributed by atoms with E-state index < -0.39 is 0 Å². The molecule has 1 aromatic carbocycles. The molecule has 0 aliphatic rings. The molecule has 1 aromatic rings. The van der Waals surface area contributed by atoms with E-state index in [0.717, 1.165) is 6.42 Å². The fraction of sp³-hybridized carbons (Fsp3) is 0.333. The fourth-order valence-corrected chi connectivity index (χ4v) is 1.49. The summed E-state index contributed by atoms with van der Waals surface area (Å²) in [6, 6.07) is 8.39. The second kappa shape index (κ2) is 5.19. The zero-order valence-electron chi connectivity index (χ0n) is 7.12. The third kappa shape index (κ3) is 2.85. The van der Waals surface area contributed by atoms with Gasteiger partial charge in [-0.1, -0.05) is 12.1 Å². The van der Waals surface area contributed by atoms with Crippen LogP contribution in [0.5, 0.6) is 0 Å². The summed E-state index contributed by atoms with van der Waals surface area (Å²) in [5, 5.41) is 0. The van der Waals surface area contributed by atoms with Crippen molar-refractivity contribution in [3.63, 3.8) is 0 Å². The highest BCUT2D eigenvalue weighted by atomic mass is 32.2. The van der Waals surface area contributed by atoms with E-state index in [4.69, 9.17) is 5.90 Å². The van der Waals surface area contributed by atoms with Crippen molar-refractivity contribution in [2.24, 2.45) is 5.90 Å². The Morgan fingerprint density at radius 1 is 1.50 bits per heavy atom. The Kier molecular flexibility index (Phi) is 4.14. The van der Waals surface area contributed by atoms with Crippen LogP contribution in [0.4, 0.5) is 0 Å². The van der Waals surface area contributed by atoms with Crippen molar-refractivity contribution in [3.05, 3.63) is 29.8 Å². The largest absolute Gasteiger partial charge is 0.304 e. The van der Waals surface area contributed by atoms with E-state index in [1.54, 1.807) is 11.8 Å². The second-order valence-electron chi connectivity index (χ2n) is 2.47. The van der Waals surface area contributed by atoms with Crippen LogP contribution >= 0.6 is 11.8 Å². The molecule has 0 amide bonds. The van der Waals surface area contributed by atoms with E-state index in [2.05, 4.69) is 35.4 Å². The molecule has 2 nitrogen and oxygen atoms in total. The normalized spacial score (nSPS) is 10.2. The van der Waals surface area contributed by atoms with E-state index in [1.807, 2.05) is 0 Å². The van der Waals surface area contributed by atoms with Crippen LogP contribution in [0.2, 0.25) is 0 Å². The number of nitrogens with two attached hydrogens (primary N) is 1. The lowest BCUT2D eigenvalue weighted by Gasteiger charge is -2.01. The van der Waals surface area contributed by atoms with Gasteiger partial charge in [0.05, 0.1) is 6.61 Å². The maximum Gasteiger partial charge on any atom is 0.0719 e. The predicted octanol–water partition coefficient (Wildman–Crippen LogP) is 1.84. The Labute approximate surface area is 77.1 Å². The van der Waals surface area contributed by atoms with E-state index in [9.17, 15) is 0 Å². The van der Waals surface area contributed by atoms with Crippen LogP contribution in [0.15, 0.2) is 29.2 Å². The first-order valence-corrected chi connectivity index (χ1v) is 5.04.